The molecule has 1 fully saturated rings. The third kappa shape index (κ3) is 3.00. The normalized spacial score (nSPS) is 23.1. The molecule has 0 amide bonds. The quantitative estimate of drug-likeness (QED) is 0.327. The predicted octanol–water partition coefficient (Wildman–Crippen LogP) is 6.36. The minimum Gasteiger partial charge on any atom is -0.410 e. The van der Waals surface area contributed by atoms with E-state index >= 15 is 0 Å². The van der Waals surface area contributed by atoms with Crippen molar-refractivity contribution in [3.63, 3.8) is 0 Å². The van der Waals surface area contributed by atoms with E-state index < -0.39 is 8.32 Å². The maximum absolute atomic E-state index is 6.26. The maximum Gasteiger partial charge on any atom is 0.187 e. The fraction of sp³-hybridized carbons (Fsp3) is 0.500. The van der Waals surface area contributed by atoms with E-state index in [-0.39, 0.29) is 6.10 Å². The summed E-state index contributed by atoms with van der Waals surface area (Å²) in [6.07, 6.45) is 2.09. The van der Waals surface area contributed by atoms with Crippen molar-refractivity contribution in [2.45, 2.75) is 38.1 Å². The molecule has 1 nitrogen and oxygen atoms in total. The van der Waals surface area contributed by atoms with E-state index in [1.165, 1.54) is 6.04 Å². The van der Waals surface area contributed by atoms with Crippen molar-refractivity contribution in [1.29, 1.82) is 0 Å². The van der Waals surface area contributed by atoms with E-state index in [2.05, 4.69) is 13.1 Å². The lowest BCUT2D eigenvalue weighted by Crippen LogP contribution is -2.35. The SMILES string of the molecule is C[Si]1(C)CCCC(c2cc(Cl)c(Cl)c(Cl)c2Cl)O1. The molecule has 100 valence electrons. The van der Waals surface area contributed by atoms with Crippen LogP contribution in [0.3, 0.4) is 0 Å². The highest BCUT2D eigenvalue weighted by Gasteiger charge is 2.33. The third-order valence-corrected chi connectivity index (χ3v) is 7.43. The summed E-state index contributed by atoms with van der Waals surface area (Å²) in [5.74, 6) is 0. The van der Waals surface area contributed by atoms with Crippen molar-refractivity contribution in [2.24, 2.45) is 0 Å². The number of benzene rings is 1. The van der Waals surface area contributed by atoms with Crippen LogP contribution in [0.4, 0.5) is 0 Å². The van der Waals surface area contributed by atoms with Gasteiger partial charge in [-0.3, -0.25) is 0 Å². The van der Waals surface area contributed by atoms with Gasteiger partial charge in [0.05, 0.1) is 26.2 Å². The van der Waals surface area contributed by atoms with Crippen molar-refractivity contribution in [2.75, 3.05) is 0 Å². The van der Waals surface area contributed by atoms with E-state index in [9.17, 15) is 0 Å². The summed E-state index contributed by atoms with van der Waals surface area (Å²) in [6.45, 7) is 4.43. The van der Waals surface area contributed by atoms with Gasteiger partial charge >= 0.3 is 0 Å². The average Bonchev–Trinajstić information content (AvgIpc) is 2.30. The fourth-order valence-corrected chi connectivity index (χ4v) is 5.39. The second kappa shape index (κ2) is 5.51. The Hall–Kier alpha value is 0.557. The van der Waals surface area contributed by atoms with Gasteiger partial charge in [-0.25, -0.2) is 0 Å². The zero-order chi connectivity index (χ0) is 13.5. The summed E-state index contributed by atoms with van der Waals surface area (Å²) in [7, 11) is -1.59. The van der Waals surface area contributed by atoms with Crippen LogP contribution in [0.15, 0.2) is 6.07 Å². The Morgan fingerprint density at radius 2 is 1.78 bits per heavy atom. The molecule has 0 aliphatic carbocycles. The monoisotopic (exact) mass is 342 g/mol. The summed E-state index contributed by atoms with van der Waals surface area (Å²) in [5, 5.41) is 1.51. The van der Waals surface area contributed by atoms with Crippen LogP contribution in [0.1, 0.15) is 24.5 Å². The fourth-order valence-electron chi connectivity index (χ4n) is 2.26. The van der Waals surface area contributed by atoms with Gasteiger partial charge in [0, 0.05) is 5.56 Å². The van der Waals surface area contributed by atoms with Gasteiger partial charge in [0.15, 0.2) is 8.32 Å². The topological polar surface area (TPSA) is 9.23 Å². The summed E-state index contributed by atoms with van der Waals surface area (Å²) < 4.78 is 6.18. The zero-order valence-electron chi connectivity index (χ0n) is 10.2. The lowest BCUT2D eigenvalue weighted by molar-refractivity contribution is 0.163. The highest BCUT2D eigenvalue weighted by Crippen LogP contribution is 2.44. The molecule has 1 aromatic carbocycles. The number of hydrogen-bond donors (Lipinski definition) is 0. The first-order valence-electron chi connectivity index (χ1n) is 5.82. The Balaban J connectivity index is 2.39. The lowest BCUT2D eigenvalue weighted by Gasteiger charge is -2.35. The lowest BCUT2D eigenvalue weighted by atomic mass is 10.1. The van der Waals surface area contributed by atoms with Crippen molar-refractivity contribution < 1.29 is 4.43 Å². The Kier molecular flexibility index (Phi) is 4.58. The molecule has 0 radical (unpaired) electrons. The van der Waals surface area contributed by atoms with Crippen LogP contribution < -0.4 is 0 Å². The maximum atomic E-state index is 6.26. The smallest absolute Gasteiger partial charge is 0.187 e. The summed E-state index contributed by atoms with van der Waals surface area (Å²) in [4.78, 5) is 0. The van der Waals surface area contributed by atoms with Crippen LogP contribution in [-0.4, -0.2) is 8.32 Å². The van der Waals surface area contributed by atoms with Crippen LogP contribution >= 0.6 is 46.4 Å². The van der Waals surface area contributed by atoms with E-state index in [0.29, 0.717) is 20.1 Å². The zero-order valence-corrected chi connectivity index (χ0v) is 14.2. The Morgan fingerprint density at radius 1 is 1.11 bits per heavy atom. The molecule has 0 N–H and O–H groups in total. The van der Waals surface area contributed by atoms with Crippen LogP contribution in [-0.2, 0) is 4.43 Å². The molecule has 1 aliphatic rings. The third-order valence-electron chi connectivity index (χ3n) is 3.18. The van der Waals surface area contributed by atoms with Gasteiger partial charge in [-0.2, -0.15) is 0 Å². The molecule has 0 aromatic heterocycles. The molecule has 6 heteroatoms. The van der Waals surface area contributed by atoms with Crippen LogP contribution in [0.5, 0.6) is 0 Å². The van der Waals surface area contributed by atoms with Crippen molar-refractivity contribution in [3.05, 3.63) is 31.7 Å². The number of halogens is 4. The first-order valence-corrected chi connectivity index (χ1v) is 10.5. The van der Waals surface area contributed by atoms with Gasteiger partial charge in [-0.15, -0.1) is 0 Å². The summed E-state index contributed by atoms with van der Waals surface area (Å²) in [6, 6.07) is 2.95. The minimum atomic E-state index is -1.59. The van der Waals surface area contributed by atoms with Gasteiger partial charge < -0.3 is 4.43 Å². The molecule has 0 spiro atoms. The Bertz CT molecular complexity index is 476. The van der Waals surface area contributed by atoms with Crippen LogP contribution in [0.25, 0.3) is 0 Å². The van der Waals surface area contributed by atoms with Gasteiger partial charge in [0.25, 0.3) is 0 Å². The standard InChI is InChI=1S/C12H14Cl4OSi/c1-18(2)5-3-4-9(17-18)7-6-8(13)11(15)12(16)10(7)14/h6,9H,3-5H2,1-2H3. The van der Waals surface area contributed by atoms with Crippen molar-refractivity contribution in [1.82, 2.24) is 0 Å². The molecule has 0 saturated carbocycles. The second-order valence-electron chi connectivity index (χ2n) is 5.15. The molecule has 1 aliphatic heterocycles. The van der Waals surface area contributed by atoms with Crippen molar-refractivity contribution >= 4 is 54.7 Å². The Labute approximate surface area is 128 Å². The summed E-state index contributed by atoms with van der Waals surface area (Å²) in [5.41, 5.74) is 0.858. The molecule has 1 heterocycles. The van der Waals surface area contributed by atoms with Crippen LogP contribution in [0.2, 0.25) is 39.2 Å². The molecular formula is C12H14Cl4OSi. The Morgan fingerprint density at radius 3 is 2.39 bits per heavy atom. The van der Waals surface area contributed by atoms with Crippen molar-refractivity contribution in [3.8, 4) is 0 Å². The second-order valence-corrected chi connectivity index (χ2v) is 10.9. The molecule has 1 saturated heterocycles. The molecule has 1 aromatic rings. The summed E-state index contributed by atoms with van der Waals surface area (Å²) >= 11 is 24.4. The number of hydrogen-bond acceptors (Lipinski definition) is 1. The van der Waals surface area contributed by atoms with Gasteiger partial charge in [0.1, 0.15) is 0 Å². The van der Waals surface area contributed by atoms with E-state index in [1.54, 1.807) is 6.07 Å². The van der Waals surface area contributed by atoms with E-state index in [1.807, 2.05) is 0 Å². The highest BCUT2D eigenvalue weighted by atomic mass is 35.5. The van der Waals surface area contributed by atoms with Gasteiger partial charge in [0.2, 0.25) is 0 Å². The largest absolute Gasteiger partial charge is 0.410 e. The molecule has 0 bridgehead atoms. The van der Waals surface area contributed by atoms with Crippen LogP contribution in [0, 0.1) is 0 Å². The molecule has 2 rings (SSSR count). The number of rotatable bonds is 1. The van der Waals surface area contributed by atoms with E-state index in [0.717, 1.165) is 18.4 Å². The minimum absolute atomic E-state index is 0.0137. The average molecular weight is 344 g/mol. The first kappa shape index (κ1) is 15.0. The molecule has 18 heavy (non-hydrogen) atoms. The van der Waals surface area contributed by atoms with E-state index in [4.69, 9.17) is 50.8 Å². The van der Waals surface area contributed by atoms with Gasteiger partial charge in [-0.1, -0.05) is 52.8 Å². The molecular weight excluding hydrogens is 330 g/mol. The molecule has 1 atom stereocenters. The molecule has 1 unspecified atom stereocenters. The predicted molar refractivity (Wildman–Crippen MR) is 81.8 cm³/mol. The first-order chi connectivity index (χ1) is 8.32. The van der Waals surface area contributed by atoms with Gasteiger partial charge in [-0.05, 0) is 31.6 Å². The highest BCUT2D eigenvalue weighted by molar-refractivity contribution is 6.71.